The van der Waals surface area contributed by atoms with Gasteiger partial charge < -0.3 is 11.1 Å². The average Bonchev–Trinajstić information content (AvgIpc) is 3.13. The molecule has 0 bridgehead atoms. The molecule has 0 saturated heterocycles. The first-order chi connectivity index (χ1) is 8.58. The first kappa shape index (κ1) is 13.4. The molecule has 1 saturated carbocycles. The maximum Gasteiger partial charge on any atom is 0.0314 e. The Bertz CT molecular complexity index is 363. The van der Waals surface area contributed by atoms with Gasteiger partial charge in [0.1, 0.15) is 0 Å². The van der Waals surface area contributed by atoms with E-state index >= 15 is 0 Å². The van der Waals surface area contributed by atoms with Gasteiger partial charge >= 0.3 is 0 Å². The van der Waals surface area contributed by atoms with Crippen molar-refractivity contribution in [2.24, 2.45) is 5.92 Å². The molecule has 0 amide bonds. The van der Waals surface area contributed by atoms with E-state index in [1.165, 1.54) is 31.2 Å². The minimum absolute atomic E-state index is 0.174. The Labute approximate surface area is 111 Å². The van der Waals surface area contributed by atoms with E-state index in [-0.39, 0.29) is 5.41 Å². The van der Waals surface area contributed by atoms with Gasteiger partial charge in [-0.2, -0.15) is 0 Å². The quantitative estimate of drug-likeness (QED) is 0.572. The Morgan fingerprint density at radius 1 is 1.22 bits per heavy atom. The third-order valence-corrected chi connectivity index (χ3v) is 3.92. The predicted molar refractivity (Wildman–Crippen MR) is 78.7 cm³/mol. The fraction of sp³-hybridized carbons (Fsp3) is 0.625. The molecule has 3 N–H and O–H groups in total. The highest BCUT2D eigenvalue weighted by molar-refractivity contribution is 5.41. The molecular weight excluding hydrogens is 220 g/mol. The minimum Gasteiger partial charge on any atom is -0.399 e. The molecule has 0 atom stereocenters. The standard InChI is InChI=1S/C16H26N2/c1-16(2,14-7-9-15(17)10-8-14)12-18-11-3-4-13-5-6-13/h7-10,13,18H,3-6,11-12,17H2,1-2H3. The molecule has 0 aliphatic heterocycles. The number of anilines is 1. The van der Waals surface area contributed by atoms with Crippen molar-refractivity contribution in [1.82, 2.24) is 5.32 Å². The van der Waals surface area contributed by atoms with Gasteiger partial charge in [0.2, 0.25) is 0 Å². The van der Waals surface area contributed by atoms with Gasteiger partial charge in [0.15, 0.2) is 0 Å². The SMILES string of the molecule is CC(C)(CNCCCC1CC1)c1ccc(N)cc1. The lowest BCUT2D eigenvalue weighted by atomic mass is 9.84. The summed E-state index contributed by atoms with van der Waals surface area (Å²) in [7, 11) is 0. The molecule has 0 spiro atoms. The van der Waals surface area contributed by atoms with Crippen LogP contribution in [0.25, 0.3) is 0 Å². The zero-order valence-electron chi connectivity index (χ0n) is 11.7. The molecule has 1 fully saturated rings. The van der Waals surface area contributed by atoms with Crippen molar-refractivity contribution in [2.45, 2.75) is 44.9 Å². The van der Waals surface area contributed by atoms with E-state index in [0.29, 0.717) is 0 Å². The van der Waals surface area contributed by atoms with Crippen LogP contribution >= 0.6 is 0 Å². The number of nitrogen functional groups attached to an aromatic ring is 1. The van der Waals surface area contributed by atoms with Gasteiger partial charge in [-0.1, -0.05) is 38.8 Å². The van der Waals surface area contributed by atoms with E-state index < -0.39 is 0 Å². The van der Waals surface area contributed by atoms with Crippen LogP contribution in [0.3, 0.4) is 0 Å². The smallest absolute Gasteiger partial charge is 0.0314 e. The third-order valence-electron chi connectivity index (χ3n) is 3.92. The molecule has 2 rings (SSSR count). The maximum atomic E-state index is 5.73. The van der Waals surface area contributed by atoms with Gasteiger partial charge in [-0.3, -0.25) is 0 Å². The molecule has 0 heterocycles. The third kappa shape index (κ3) is 4.02. The highest BCUT2D eigenvalue weighted by Crippen LogP contribution is 2.33. The van der Waals surface area contributed by atoms with Gasteiger partial charge in [-0.05, 0) is 43.0 Å². The van der Waals surface area contributed by atoms with Crippen molar-refractivity contribution in [2.75, 3.05) is 18.8 Å². The lowest BCUT2D eigenvalue weighted by molar-refractivity contribution is 0.460. The zero-order chi connectivity index (χ0) is 13.0. The molecule has 1 aromatic carbocycles. The Hall–Kier alpha value is -1.02. The van der Waals surface area contributed by atoms with E-state index in [2.05, 4.69) is 31.3 Å². The minimum atomic E-state index is 0.174. The number of nitrogens with one attached hydrogen (secondary N) is 1. The van der Waals surface area contributed by atoms with Gasteiger partial charge in [-0.15, -0.1) is 0 Å². The van der Waals surface area contributed by atoms with Crippen LogP contribution < -0.4 is 11.1 Å². The Balaban J connectivity index is 1.73. The Kier molecular flexibility index (Phi) is 4.28. The molecule has 1 aromatic rings. The number of benzene rings is 1. The van der Waals surface area contributed by atoms with Crippen molar-refractivity contribution in [3.05, 3.63) is 29.8 Å². The van der Waals surface area contributed by atoms with Gasteiger partial charge in [0.25, 0.3) is 0 Å². The summed E-state index contributed by atoms with van der Waals surface area (Å²) in [5.41, 5.74) is 8.10. The number of hydrogen-bond donors (Lipinski definition) is 2. The van der Waals surface area contributed by atoms with Crippen LogP contribution in [0.2, 0.25) is 0 Å². The van der Waals surface area contributed by atoms with Crippen LogP contribution in [-0.2, 0) is 5.41 Å². The molecule has 1 aliphatic carbocycles. The topological polar surface area (TPSA) is 38.0 Å². The van der Waals surface area contributed by atoms with Crippen molar-refractivity contribution >= 4 is 5.69 Å². The van der Waals surface area contributed by atoms with E-state index in [4.69, 9.17) is 5.73 Å². The number of nitrogens with two attached hydrogens (primary N) is 1. The summed E-state index contributed by atoms with van der Waals surface area (Å²) in [4.78, 5) is 0. The molecule has 18 heavy (non-hydrogen) atoms. The van der Waals surface area contributed by atoms with Crippen molar-refractivity contribution in [3.63, 3.8) is 0 Å². The Morgan fingerprint density at radius 3 is 2.50 bits per heavy atom. The lowest BCUT2D eigenvalue weighted by Crippen LogP contribution is -2.33. The zero-order valence-corrected chi connectivity index (χ0v) is 11.7. The second-order valence-corrected chi connectivity index (χ2v) is 6.27. The highest BCUT2D eigenvalue weighted by Gasteiger charge is 2.21. The van der Waals surface area contributed by atoms with Crippen LogP contribution in [0.1, 0.15) is 45.1 Å². The summed E-state index contributed by atoms with van der Waals surface area (Å²) in [6, 6.07) is 8.26. The second-order valence-electron chi connectivity index (χ2n) is 6.27. The van der Waals surface area contributed by atoms with Crippen molar-refractivity contribution in [3.8, 4) is 0 Å². The molecule has 0 unspecified atom stereocenters. The van der Waals surface area contributed by atoms with Crippen LogP contribution in [-0.4, -0.2) is 13.1 Å². The van der Waals surface area contributed by atoms with Gasteiger partial charge in [0.05, 0.1) is 0 Å². The predicted octanol–water partition coefficient (Wildman–Crippen LogP) is 3.33. The summed E-state index contributed by atoms with van der Waals surface area (Å²) in [5, 5.41) is 3.59. The first-order valence-corrected chi connectivity index (χ1v) is 7.15. The monoisotopic (exact) mass is 246 g/mol. The lowest BCUT2D eigenvalue weighted by Gasteiger charge is -2.26. The fourth-order valence-electron chi connectivity index (χ4n) is 2.36. The highest BCUT2D eigenvalue weighted by atomic mass is 14.9. The Morgan fingerprint density at radius 2 is 1.89 bits per heavy atom. The molecule has 1 aliphatic rings. The largest absolute Gasteiger partial charge is 0.399 e. The number of rotatable bonds is 7. The van der Waals surface area contributed by atoms with Gasteiger partial charge in [0, 0.05) is 17.6 Å². The summed E-state index contributed by atoms with van der Waals surface area (Å²) in [5.74, 6) is 1.05. The fourth-order valence-corrected chi connectivity index (χ4v) is 2.36. The summed E-state index contributed by atoms with van der Waals surface area (Å²) < 4.78 is 0. The van der Waals surface area contributed by atoms with Crippen molar-refractivity contribution in [1.29, 1.82) is 0 Å². The van der Waals surface area contributed by atoms with E-state index in [1.54, 1.807) is 0 Å². The number of hydrogen-bond acceptors (Lipinski definition) is 2. The summed E-state index contributed by atoms with van der Waals surface area (Å²) in [6.07, 6.45) is 5.67. The van der Waals surface area contributed by atoms with Crippen molar-refractivity contribution < 1.29 is 0 Å². The summed E-state index contributed by atoms with van der Waals surface area (Å²) in [6.45, 7) is 6.75. The molecule has 2 nitrogen and oxygen atoms in total. The normalized spacial score (nSPS) is 15.9. The molecular formula is C16H26N2. The maximum absolute atomic E-state index is 5.73. The average molecular weight is 246 g/mol. The van der Waals surface area contributed by atoms with E-state index in [9.17, 15) is 0 Å². The summed E-state index contributed by atoms with van der Waals surface area (Å²) >= 11 is 0. The van der Waals surface area contributed by atoms with Crippen LogP contribution in [0.5, 0.6) is 0 Å². The molecule has 0 radical (unpaired) electrons. The van der Waals surface area contributed by atoms with Gasteiger partial charge in [-0.25, -0.2) is 0 Å². The molecule has 0 aromatic heterocycles. The van der Waals surface area contributed by atoms with E-state index in [1.807, 2.05) is 12.1 Å². The molecule has 100 valence electrons. The van der Waals surface area contributed by atoms with Crippen LogP contribution in [0.15, 0.2) is 24.3 Å². The van der Waals surface area contributed by atoms with Crippen LogP contribution in [0, 0.1) is 5.92 Å². The van der Waals surface area contributed by atoms with Crippen LogP contribution in [0.4, 0.5) is 5.69 Å². The van der Waals surface area contributed by atoms with E-state index in [0.717, 1.165) is 24.7 Å². The molecule has 2 heteroatoms. The second kappa shape index (κ2) is 5.75. The first-order valence-electron chi connectivity index (χ1n) is 7.15.